The monoisotopic (exact) mass is 435 g/mol. The molecule has 150 valence electrons. The van der Waals surface area contributed by atoms with Crippen LogP contribution in [0.15, 0.2) is 48.8 Å². The number of fused-ring (bicyclic) bond motifs is 2. The Balaban J connectivity index is 1.61. The van der Waals surface area contributed by atoms with Gasteiger partial charge in [0.1, 0.15) is 5.69 Å². The van der Waals surface area contributed by atoms with Crippen molar-refractivity contribution in [1.82, 2.24) is 20.2 Å². The number of halogens is 1. The summed E-state index contributed by atoms with van der Waals surface area (Å²) in [5.74, 6) is -0.122. The van der Waals surface area contributed by atoms with Crippen LogP contribution < -0.4 is 5.32 Å². The number of H-pyrrole nitrogens is 2. The zero-order valence-electron chi connectivity index (χ0n) is 16.3. The largest absolute Gasteiger partial charge is 0.361 e. The molecule has 3 heterocycles. The van der Waals surface area contributed by atoms with E-state index in [1.807, 2.05) is 50.4 Å². The number of hydrogen-bond donors (Lipinski definition) is 3. The van der Waals surface area contributed by atoms with Crippen molar-refractivity contribution >= 4 is 56.3 Å². The van der Waals surface area contributed by atoms with Crippen LogP contribution in [0.5, 0.6) is 0 Å². The predicted molar refractivity (Wildman–Crippen MR) is 123 cm³/mol. The number of rotatable bonds is 4. The van der Waals surface area contributed by atoms with Gasteiger partial charge in [-0.3, -0.25) is 9.89 Å². The Morgan fingerprint density at radius 1 is 1.17 bits per heavy atom. The number of hydrogen-bond acceptors (Lipinski definition) is 4. The third-order valence-electron chi connectivity index (χ3n) is 5.08. The van der Waals surface area contributed by atoms with Gasteiger partial charge in [0, 0.05) is 27.4 Å². The van der Waals surface area contributed by atoms with Gasteiger partial charge in [-0.15, -0.1) is 11.3 Å². The van der Waals surface area contributed by atoms with Gasteiger partial charge in [-0.25, -0.2) is 4.98 Å². The second-order valence-corrected chi connectivity index (χ2v) is 9.00. The second-order valence-electron chi connectivity index (χ2n) is 7.39. The topological polar surface area (TPSA) is 86.5 Å². The van der Waals surface area contributed by atoms with Crippen LogP contribution in [0.25, 0.3) is 32.9 Å². The summed E-state index contributed by atoms with van der Waals surface area (Å²) in [5.41, 5.74) is 4.99. The van der Waals surface area contributed by atoms with E-state index < -0.39 is 0 Å². The number of amides is 1. The van der Waals surface area contributed by atoms with E-state index in [0.29, 0.717) is 15.8 Å². The summed E-state index contributed by atoms with van der Waals surface area (Å²) in [7, 11) is 0. The summed E-state index contributed by atoms with van der Waals surface area (Å²) in [6.45, 7) is 4.04. The minimum atomic E-state index is -0.277. The molecule has 8 heteroatoms. The Morgan fingerprint density at radius 2 is 2.03 bits per heavy atom. The van der Waals surface area contributed by atoms with Crippen molar-refractivity contribution in [3.63, 3.8) is 0 Å². The van der Waals surface area contributed by atoms with E-state index in [2.05, 4.69) is 31.5 Å². The molecular weight excluding hydrogens is 418 g/mol. The van der Waals surface area contributed by atoms with Crippen molar-refractivity contribution in [2.45, 2.75) is 19.8 Å². The van der Waals surface area contributed by atoms with Crippen molar-refractivity contribution in [3.8, 4) is 11.1 Å². The van der Waals surface area contributed by atoms with Crippen molar-refractivity contribution in [2.24, 2.45) is 0 Å². The molecule has 0 aliphatic rings. The molecule has 0 saturated carbocycles. The number of benzene rings is 2. The highest BCUT2D eigenvalue weighted by Gasteiger charge is 2.21. The highest BCUT2D eigenvalue weighted by atomic mass is 35.5. The Bertz CT molecular complexity index is 1400. The fourth-order valence-electron chi connectivity index (χ4n) is 3.69. The Labute approximate surface area is 181 Å². The first-order valence-electron chi connectivity index (χ1n) is 9.52. The van der Waals surface area contributed by atoms with Crippen LogP contribution in [-0.4, -0.2) is 26.1 Å². The number of carbonyl (C=O) groups excluding carboxylic acids is 1. The summed E-state index contributed by atoms with van der Waals surface area (Å²) < 4.78 is 0.366. The van der Waals surface area contributed by atoms with Gasteiger partial charge in [-0.2, -0.15) is 5.10 Å². The maximum atomic E-state index is 13.1. The fourth-order valence-corrected chi connectivity index (χ4v) is 4.81. The molecule has 1 amide bonds. The van der Waals surface area contributed by atoms with Crippen LogP contribution >= 0.6 is 22.9 Å². The average Bonchev–Trinajstić information content (AvgIpc) is 3.46. The summed E-state index contributed by atoms with van der Waals surface area (Å²) in [6, 6.07) is 12.2. The minimum Gasteiger partial charge on any atom is -0.361 e. The van der Waals surface area contributed by atoms with Crippen molar-refractivity contribution in [1.29, 1.82) is 0 Å². The smallest absolute Gasteiger partial charge is 0.275 e. The van der Waals surface area contributed by atoms with Crippen LogP contribution in [0.4, 0.5) is 5.69 Å². The molecule has 2 aromatic carbocycles. The molecule has 0 fully saturated rings. The van der Waals surface area contributed by atoms with Gasteiger partial charge in [-0.05, 0) is 41.3 Å². The quantitative estimate of drug-likeness (QED) is 0.314. The molecule has 0 unspecified atom stereocenters. The summed E-state index contributed by atoms with van der Waals surface area (Å²) in [5, 5.41) is 12.2. The molecule has 5 rings (SSSR count). The first kappa shape index (κ1) is 18.8. The number of nitrogens with one attached hydrogen (secondary N) is 3. The summed E-state index contributed by atoms with van der Waals surface area (Å²) in [4.78, 5) is 21.4. The third kappa shape index (κ3) is 3.16. The first-order valence-corrected chi connectivity index (χ1v) is 10.7. The van der Waals surface area contributed by atoms with Crippen LogP contribution in [0, 0.1) is 0 Å². The lowest BCUT2D eigenvalue weighted by atomic mass is 9.99. The Morgan fingerprint density at radius 3 is 2.87 bits per heavy atom. The normalized spacial score (nSPS) is 11.6. The SMILES string of the molecule is CC(C)c1sc(Cl)nc1C(=O)Nc1cc(-c2cccc3[nH]ccc23)cc2[nH]ncc12. The number of aromatic amines is 2. The van der Waals surface area contributed by atoms with Gasteiger partial charge < -0.3 is 10.3 Å². The molecule has 0 saturated heterocycles. The molecule has 0 bridgehead atoms. The first-order chi connectivity index (χ1) is 14.5. The molecule has 5 aromatic rings. The number of thiazole rings is 1. The van der Waals surface area contributed by atoms with E-state index in [0.717, 1.165) is 37.8 Å². The number of anilines is 1. The second kappa shape index (κ2) is 7.27. The van der Waals surface area contributed by atoms with Crippen LogP contribution in [-0.2, 0) is 0 Å². The Hall–Kier alpha value is -3.16. The lowest BCUT2D eigenvalue weighted by Gasteiger charge is -2.11. The molecule has 6 nitrogen and oxygen atoms in total. The summed E-state index contributed by atoms with van der Waals surface area (Å²) in [6.07, 6.45) is 3.63. The zero-order valence-corrected chi connectivity index (χ0v) is 17.9. The van der Waals surface area contributed by atoms with Crippen molar-refractivity contribution in [2.75, 3.05) is 5.32 Å². The van der Waals surface area contributed by atoms with Gasteiger partial charge in [0.2, 0.25) is 0 Å². The van der Waals surface area contributed by atoms with Gasteiger partial charge in [0.15, 0.2) is 4.47 Å². The van der Waals surface area contributed by atoms with Crippen LogP contribution in [0.1, 0.15) is 35.1 Å². The molecule has 3 aromatic heterocycles. The van der Waals surface area contributed by atoms with Gasteiger partial charge >= 0.3 is 0 Å². The highest BCUT2D eigenvalue weighted by Crippen LogP contribution is 2.35. The maximum Gasteiger partial charge on any atom is 0.275 e. The van der Waals surface area contributed by atoms with Crippen molar-refractivity contribution < 1.29 is 4.79 Å². The molecule has 0 aliphatic carbocycles. The lowest BCUT2D eigenvalue weighted by Crippen LogP contribution is -2.15. The minimum absolute atomic E-state index is 0.155. The fraction of sp³-hybridized carbons (Fsp3) is 0.136. The van der Waals surface area contributed by atoms with Crippen LogP contribution in [0.3, 0.4) is 0 Å². The van der Waals surface area contributed by atoms with E-state index in [1.165, 1.54) is 11.3 Å². The van der Waals surface area contributed by atoms with E-state index in [1.54, 1.807) is 6.20 Å². The van der Waals surface area contributed by atoms with E-state index in [4.69, 9.17) is 11.6 Å². The number of aromatic nitrogens is 4. The molecule has 0 atom stereocenters. The molecule has 0 spiro atoms. The average molecular weight is 436 g/mol. The number of carbonyl (C=O) groups is 1. The van der Waals surface area contributed by atoms with Crippen LogP contribution in [0.2, 0.25) is 4.47 Å². The predicted octanol–water partition coefficient (Wildman–Crippen LogP) is 6.20. The van der Waals surface area contributed by atoms with E-state index in [-0.39, 0.29) is 11.8 Å². The van der Waals surface area contributed by atoms with Gasteiger partial charge in [0.05, 0.1) is 17.4 Å². The highest BCUT2D eigenvalue weighted by molar-refractivity contribution is 7.16. The number of nitrogens with zero attached hydrogens (tertiary/aromatic N) is 2. The molecule has 3 N–H and O–H groups in total. The molecule has 30 heavy (non-hydrogen) atoms. The Kier molecular flexibility index (Phi) is 4.56. The standard InChI is InChI=1S/C22H18ClN5OS/c1-11(2)20-19(27-22(23)30-20)21(29)26-17-8-12(9-18-15(17)10-25-28-18)13-4-3-5-16-14(13)6-7-24-16/h3-11,24H,1-2H3,(H,25,28)(H,26,29). The third-order valence-corrected chi connectivity index (χ3v) is 6.54. The van der Waals surface area contributed by atoms with Gasteiger partial charge in [-0.1, -0.05) is 37.6 Å². The van der Waals surface area contributed by atoms with Gasteiger partial charge in [0.25, 0.3) is 5.91 Å². The van der Waals surface area contributed by atoms with E-state index in [9.17, 15) is 4.79 Å². The molecular formula is C22H18ClN5OS. The van der Waals surface area contributed by atoms with Crippen molar-refractivity contribution in [3.05, 3.63) is 63.8 Å². The lowest BCUT2D eigenvalue weighted by molar-refractivity contribution is 0.102. The van der Waals surface area contributed by atoms with E-state index >= 15 is 0 Å². The summed E-state index contributed by atoms with van der Waals surface area (Å²) >= 11 is 7.43. The molecule has 0 radical (unpaired) electrons. The molecule has 0 aliphatic heterocycles. The zero-order chi connectivity index (χ0) is 20.8. The maximum absolute atomic E-state index is 13.1.